The second-order valence-corrected chi connectivity index (χ2v) is 2.77. The van der Waals surface area contributed by atoms with Crippen molar-refractivity contribution in [1.29, 1.82) is 0 Å². The van der Waals surface area contributed by atoms with Crippen LogP contribution in [-0.2, 0) is 9.53 Å². The molecule has 1 atom stereocenters. The minimum absolute atomic E-state index is 0.123. The normalized spacial score (nSPS) is 12.2. The molecule has 0 fully saturated rings. The lowest BCUT2D eigenvalue weighted by Gasteiger charge is -2.08. The third kappa shape index (κ3) is 4.16. The fourth-order valence-corrected chi connectivity index (χ4v) is 0.854. The monoisotopic (exact) mass is 170 g/mol. The average molecular weight is 170 g/mol. The lowest BCUT2D eigenvalue weighted by Crippen LogP contribution is -2.15. The molecule has 0 aliphatic heterocycles. The number of hydrogen-bond acceptors (Lipinski definition) is 2. The van der Waals surface area contributed by atoms with E-state index in [9.17, 15) is 4.79 Å². The van der Waals surface area contributed by atoms with Crippen LogP contribution in [0.4, 0.5) is 0 Å². The van der Waals surface area contributed by atoms with Gasteiger partial charge >= 0.3 is 5.97 Å². The Hall–Kier alpha value is -0.790. The second-order valence-electron chi connectivity index (χ2n) is 2.77. The number of carbonyl (C=O) groups is 1. The van der Waals surface area contributed by atoms with Crippen LogP contribution >= 0.6 is 0 Å². The van der Waals surface area contributed by atoms with Crippen molar-refractivity contribution in [1.82, 2.24) is 0 Å². The predicted molar refractivity (Wildman–Crippen MR) is 49.8 cm³/mol. The van der Waals surface area contributed by atoms with Crippen LogP contribution in [0.25, 0.3) is 0 Å². The number of esters is 1. The number of rotatable bonds is 6. The van der Waals surface area contributed by atoms with E-state index in [4.69, 9.17) is 4.74 Å². The Morgan fingerprint density at radius 1 is 1.58 bits per heavy atom. The molecule has 0 aromatic rings. The first-order chi connectivity index (χ1) is 5.76. The highest BCUT2D eigenvalue weighted by Crippen LogP contribution is 2.06. The molecule has 0 heterocycles. The first-order valence-electron chi connectivity index (χ1n) is 4.55. The van der Waals surface area contributed by atoms with Crippen molar-refractivity contribution in [3.63, 3.8) is 0 Å². The number of unbranched alkanes of at least 4 members (excludes halogenated alkanes) is 1. The summed E-state index contributed by atoms with van der Waals surface area (Å²) in [6.45, 7) is 8.14. The molecule has 0 amide bonds. The van der Waals surface area contributed by atoms with Gasteiger partial charge in [-0.2, -0.15) is 0 Å². The molecule has 2 heteroatoms. The number of hydrogen-bond donors (Lipinski definition) is 0. The first kappa shape index (κ1) is 11.2. The van der Waals surface area contributed by atoms with E-state index >= 15 is 0 Å². The minimum Gasteiger partial charge on any atom is -0.465 e. The summed E-state index contributed by atoms with van der Waals surface area (Å²) < 4.78 is 5.02. The fraction of sp³-hybridized carbons (Fsp3) is 0.700. The maximum atomic E-state index is 11.2. The number of ether oxygens (including phenoxy) is 1. The highest BCUT2D eigenvalue weighted by Gasteiger charge is 2.12. The summed E-state index contributed by atoms with van der Waals surface area (Å²) in [6, 6.07) is 0. The molecule has 0 aliphatic rings. The molecule has 0 aromatic carbocycles. The molecular formula is C10H18O2. The Balaban J connectivity index is 3.62. The number of carbonyl (C=O) groups excluding carboxylic acids is 1. The first-order valence-corrected chi connectivity index (χ1v) is 4.55. The SMILES string of the molecule is C=CC(CC)C(=O)OCCCC. The molecule has 0 rings (SSSR count). The molecule has 0 radical (unpaired) electrons. The molecule has 0 N–H and O–H groups in total. The average Bonchev–Trinajstić information content (AvgIpc) is 2.07. The van der Waals surface area contributed by atoms with Crippen molar-refractivity contribution in [3.05, 3.63) is 12.7 Å². The molecule has 0 saturated heterocycles. The molecular weight excluding hydrogens is 152 g/mol. The van der Waals surface area contributed by atoms with E-state index in [2.05, 4.69) is 13.5 Å². The Morgan fingerprint density at radius 3 is 2.67 bits per heavy atom. The molecule has 1 unspecified atom stereocenters. The van der Waals surface area contributed by atoms with Crippen molar-refractivity contribution in [3.8, 4) is 0 Å². The topological polar surface area (TPSA) is 26.3 Å². The van der Waals surface area contributed by atoms with Crippen molar-refractivity contribution >= 4 is 5.97 Å². The summed E-state index contributed by atoms with van der Waals surface area (Å²) in [5.74, 6) is -0.261. The molecule has 70 valence electrons. The fourth-order valence-electron chi connectivity index (χ4n) is 0.854. The smallest absolute Gasteiger partial charge is 0.312 e. The summed E-state index contributed by atoms with van der Waals surface area (Å²) in [4.78, 5) is 11.2. The highest BCUT2D eigenvalue weighted by molar-refractivity contribution is 5.74. The Labute approximate surface area is 74.6 Å². The Kier molecular flexibility index (Phi) is 6.44. The van der Waals surface area contributed by atoms with Gasteiger partial charge in [-0.15, -0.1) is 6.58 Å². The van der Waals surface area contributed by atoms with E-state index in [0.29, 0.717) is 6.61 Å². The summed E-state index contributed by atoms with van der Waals surface area (Å²) in [5.41, 5.74) is 0. The molecule has 0 aromatic heterocycles. The maximum absolute atomic E-state index is 11.2. The molecule has 0 aliphatic carbocycles. The zero-order valence-electron chi connectivity index (χ0n) is 8.01. The molecule has 0 saturated carbocycles. The van der Waals surface area contributed by atoms with Gasteiger partial charge in [0.15, 0.2) is 0 Å². The van der Waals surface area contributed by atoms with Crippen molar-refractivity contribution in [2.75, 3.05) is 6.61 Å². The van der Waals surface area contributed by atoms with Crippen molar-refractivity contribution in [2.45, 2.75) is 33.1 Å². The van der Waals surface area contributed by atoms with Crippen molar-refractivity contribution in [2.24, 2.45) is 5.92 Å². The molecule has 0 bridgehead atoms. The maximum Gasteiger partial charge on any atom is 0.312 e. The van der Waals surface area contributed by atoms with Gasteiger partial charge in [0.05, 0.1) is 12.5 Å². The molecule has 12 heavy (non-hydrogen) atoms. The Bertz CT molecular complexity index is 141. The van der Waals surface area contributed by atoms with Crippen LogP contribution < -0.4 is 0 Å². The van der Waals surface area contributed by atoms with Crippen LogP contribution in [0.2, 0.25) is 0 Å². The quantitative estimate of drug-likeness (QED) is 0.348. The highest BCUT2D eigenvalue weighted by atomic mass is 16.5. The summed E-state index contributed by atoms with van der Waals surface area (Å²) >= 11 is 0. The van der Waals surface area contributed by atoms with Gasteiger partial charge in [-0.3, -0.25) is 4.79 Å². The largest absolute Gasteiger partial charge is 0.465 e. The van der Waals surface area contributed by atoms with Crippen LogP contribution in [0, 0.1) is 5.92 Å². The standard InChI is InChI=1S/C10H18O2/c1-4-7-8-12-10(11)9(5-2)6-3/h5,9H,2,4,6-8H2,1,3H3. The minimum atomic E-state index is -0.138. The van der Waals surface area contributed by atoms with E-state index in [1.165, 1.54) is 0 Å². The van der Waals surface area contributed by atoms with E-state index in [1.54, 1.807) is 6.08 Å². The zero-order chi connectivity index (χ0) is 9.40. The van der Waals surface area contributed by atoms with E-state index in [1.807, 2.05) is 6.92 Å². The summed E-state index contributed by atoms with van der Waals surface area (Å²) in [7, 11) is 0. The third-order valence-corrected chi connectivity index (χ3v) is 1.77. The predicted octanol–water partition coefficient (Wildman–Crippen LogP) is 2.54. The van der Waals surface area contributed by atoms with Crippen molar-refractivity contribution < 1.29 is 9.53 Å². The Morgan fingerprint density at radius 2 is 2.25 bits per heavy atom. The molecule has 0 spiro atoms. The van der Waals surface area contributed by atoms with Crippen LogP contribution in [0.15, 0.2) is 12.7 Å². The lowest BCUT2D eigenvalue weighted by atomic mass is 10.1. The van der Waals surface area contributed by atoms with Crippen LogP contribution in [0.1, 0.15) is 33.1 Å². The van der Waals surface area contributed by atoms with Gasteiger partial charge in [-0.25, -0.2) is 0 Å². The van der Waals surface area contributed by atoms with Gasteiger partial charge in [-0.1, -0.05) is 26.3 Å². The van der Waals surface area contributed by atoms with Gasteiger partial charge in [0.1, 0.15) is 0 Å². The third-order valence-electron chi connectivity index (χ3n) is 1.77. The van der Waals surface area contributed by atoms with Gasteiger partial charge in [-0.05, 0) is 12.8 Å². The van der Waals surface area contributed by atoms with Gasteiger partial charge in [0.25, 0.3) is 0 Å². The van der Waals surface area contributed by atoms with Gasteiger partial charge in [0, 0.05) is 0 Å². The van der Waals surface area contributed by atoms with E-state index in [-0.39, 0.29) is 11.9 Å². The van der Waals surface area contributed by atoms with Gasteiger partial charge < -0.3 is 4.74 Å². The van der Waals surface area contributed by atoms with Crippen LogP contribution in [-0.4, -0.2) is 12.6 Å². The summed E-state index contributed by atoms with van der Waals surface area (Å²) in [6.07, 6.45) is 4.42. The summed E-state index contributed by atoms with van der Waals surface area (Å²) in [5, 5.41) is 0. The van der Waals surface area contributed by atoms with Crippen LogP contribution in [0.3, 0.4) is 0 Å². The van der Waals surface area contributed by atoms with E-state index < -0.39 is 0 Å². The molecule has 2 nitrogen and oxygen atoms in total. The van der Waals surface area contributed by atoms with Crippen LogP contribution in [0.5, 0.6) is 0 Å². The zero-order valence-corrected chi connectivity index (χ0v) is 8.01. The van der Waals surface area contributed by atoms with Gasteiger partial charge in [0.2, 0.25) is 0 Å². The van der Waals surface area contributed by atoms with E-state index in [0.717, 1.165) is 19.3 Å². The second kappa shape index (κ2) is 6.89. The lowest BCUT2D eigenvalue weighted by molar-refractivity contribution is -0.147.